The van der Waals surface area contributed by atoms with E-state index in [1.165, 1.54) is 12.7 Å². The molecule has 0 bridgehead atoms. The van der Waals surface area contributed by atoms with Crippen molar-refractivity contribution in [3.8, 4) is 11.3 Å². The number of nitrogens with zero attached hydrogens (tertiary/aromatic N) is 4. The highest BCUT2D eigenvalue weighted by molar-refractivity contribution is 7.98. The van der Waals surface area contributed by atoms with Crippen molar-refractivity contribution in [1.29, 1.82) is 0 Å². The molecule has 4 aromatic rings. The molecule has 0 saturated heterocycles. The van der Waals surface area contributed by atoms with Crippen molar-refractivity contribution >= 4 is 40.3 Å². The van der Waals surface area contributed by atoms with E-state index in [1.54, 1.807) is 37.4 Å². The summed E-state index contributed by atoms with van der Waals surface area (Å²) in [6.07, 6.45) is 6.14. The number of fused-ring (bicyclic) bond motifs is 2. The molecule has 2 amide bonds. The SMILES string of the molecule is CNC(=O)c1ccnc2c(C(CNc3cc(-c4ccc5c(c4)CN(C(=O)COC)CC5)ncn3)SC)cccc12. The van der Waals surface area contributed by atoms with Gasteiger partial charge in [0.2, 0.25) is 5.91 Å². The number of carbonyl (C=O) groups is 2. The predicted octanol–water partition coefficient (Wildman–Crippen LogP) is 4.10. The Balaban J connectivity index is 1.34. The molecule has 1 atom stereocenters. The van der Waals surface area contributed by atoms with Gasteiger partial charge in [-0.2, -0.15) is 11.8 Å². The Bertz CT molecular complexity index is 1550. The van der Waals surface area contributed by atoms with Crippen LogP contribution in [0, 0.1) is 0 Å². The van der Waals surface area contributed by atoms with Crippen molar-refractivity contribution in [3.05, 3.63) is 83.3 Å². The maximum Gasteiger partial charge on any atom is 0.251 e. The Morgan fingerprint density at radius 1 is 1.10 bits per heavy atom. The monoisotopic (exact) mass is 556 g/mol. The van der Waals surface area contributed by atoms with Crippen molar-refractivity contribution in [2.24, 2.45) is 0 Å². The molecule has 1 aliphatic rings. The number of anilines is 1. The summed E-state index contributed by atoms with van der Waals surface area (Å²) in [5.41, 5.74) is 6.65. The van der Waals surface area contributed by atoms with Crippen LogP contribution in [0.5, 0.6) is 0 Å². The van der Waals surface area contributed by atoms with Gasteiger partial charge in [0.25, 0.3) is 5.91 Å². The predicted molar refractivity (Wildman–Crippen MR) is 158 cm³/mol. The Hall–Kier alpha value is -4.02. The van der Waals surface area contributed by atoms with Gasteiger partial charge < -0.3 is 20.3 Å². The fraction of sp³-hybridized carbons (Fsp3) is 0.300. The first kappa shape index (κ1) is 27.5. The summed E-state index contributed by atoms with van der Waals surface area (Å²) in [6, 6.07) is 16.0. The summed E-state index contributed by atoms with van der Waals surface area (Å²) in [6.45, 7) is 1.98. The minimum atomic E-state index is -0.131. The molecule has 206 valence electrons. The number of thioether (sulfide) groups is 1. The molecule has 0 spiro atoms. The first-order valence-electron chi connectivity index (χ1n) is 13.1. The maximum absolute atomic E-state index is 12.4. The zero-order valence-corrected chi connectivity index (χ0v) is 23.6. The third-order valence-electron chi connectivity index (χ3n) is 7.18. The van der Waals surface area contributed by atoms with Gasteiger partial charge in [0.15, 0.2) is 0 Å². The molecule has 10 heteroatoms. The van der Waals surface area contributed by atoms with Gasteiger partial charge >= 0.3 is 0 Å². The number of methoxy groups -OCH3 is 1. The molecule has 0 fully saturated rings. The minimum Gasteiger partial charge on any atom is -0.375 e. The lowest BCUT2D eigenvalue weighted by Crippen LogP contribution is -2.38. The van der Waals surface area contributed by atoms with Crippen molar-refractivity contribution < 1.29 is 14.3 Å². The zero-order valence-electron chi connectivity index (χ0n) is 22.8. The smallest absolute Gasteiger partial charge is 0.251 e. The molecule has 5 rings (SSSR count). The highest BCUT2D eigenvalue weighted by atomic mass is 32.2. The van der Waals surface area contributed by atoms with E-state index in [-0.39, 0.29) is 23.7 Å². The molecule has 0 radical (unpaired) electrons. The normalized spacial score (nSPS) is 13.5. The van der Waals surface area contributed by atoms with Gasteiger partial charge in [0, 0.05) is 62.3 Å². The first-order chi connectivity index (χ1) is 19.5. The molecule has 2 N–H and O–H groups in total. The topological polar surface area (TPSA) is 109 Å². The molecule has 0 saturated carbocycles. The van der Waals surface area contributed by atoms with Crippen LogP contribution in [0.25, 0.3) is 22.2 Å². The largest absolute Gasteiger partial charge is 0.375 e. The minimum absolute atomic E-state index is 0.00155. The van der Waals surface area contributed by atoms with Crippen LogP contribution in [0.4, 0.5) is 5.82 Å². The zero-order chi connectivity index (χ0) is 28.1. The third kappa shape index (κ3) is 5.78. The Labute approximate surface area is 237 Å². The Kier molecular flexibility index (Phi) is 8.57. The van der Waals surface area contributed by atoms with Gasteiger partial charge in [-0.05, 0) is 41.5 Å². The molecule has 3 heterocycles. The highest BCUT2D eigenvalue weighted by Gasteiger charge is 2.21. The number of hydrogen-bond donors (Lipinski definition) is 2. The standard InChI is InChI=1S/C30H32N6O3S/c1-31-30(38)23-9-11-32-29-22(23)5-4-6-24(29)26(40-3)15-33-27-14-25(34-18-35-27)20-8-7-19-10-12-36(16-21(19)13-20)28(37)17-39-2/h4-9,11,13-14,18,26H,10,12,15-17H2,1-3H3,(H,31,38)(H,33,34,35). The van der Waals surface area contributed by atoms with E-state index in [0.717, 1.165) is 45.5 Å². The lowest BCUT2D eigenvalue weighted by molar-refractivity contribution is -0.136. The van der Waals surface area contributed by atoms with Crippen LogP contribution in [0.15, 0.2) is 61.1 Å². The van der Waals surface area contributed by atoms with Crippen LogP contribution in [-0.4, -0.2) is 71.8 Å². The number of amides is 2. The van der Waals surface area contributed by atoms with Crippen LogP contribution in [-0.2, 0) is 22.5 Å². The molecule has 2 aromatic heterocycles. The van der Waals surface area contributed by atoms with E-state index >= 15 is 0 Å². The first-order valence-corrected chi connectivity index (χ1v) is 14.4. The van der Waals surface area contributed by atoms with Crippen LogP contribution in [0.3, 0.4) is 0 Å². The summed E-state index contributed by atoms with van der Waals surface area (Å²) in [4.78, 5) is 40.2. The number of pyridine rings is 1. The van der Waals surface area contributed by atoms with Crippen molar-refractivity contribution in [2.75, 3.05) is 45.4 Å². The number of para-hydroxylation sites is 1. The van der Waals surface area contributed by atoms with Crippen molar-refractivity contribution in [2.45, 2.75) is 18.2 Å². The number of aromatic nitrogens is 3. The summed E-state index contributed by atoms with van der Waals surface area (Å²) < 4.78 is 5.03. The van der Waals surface area contributed by atoms with Crippen LogP contribution in [0.2, 0.25) is 0 Å². The van der Waals surface area contributed by atoms with E-state index < -0.39 is 0 Å². The van der Waals surface area contributed by atoms with Gasteiger partial charge in [0.05, 0.1) is 16.8 Å². The van der Waals surface area contributed by atoms with Crippen LogP contribution < -0.4 is 10.6 Å². The van der Waals surface area contributed by atoms with E-state index in [4.69, 9.17) is 4.74 Å². The van der Waals surface area contributed by atoms with Crippen molar-refractivity contribution in [3.63, 3.8) is 0 Å². The lowest BCUT2D eigenvalue weighted by Gasteiger charge is -2.29. The third-order valence-corrected chi connectivity index (χ3v) is 8.17. The van der Waals surface area contributed by atoms with Gasteiger partial charge in [-0.3, -0.25) is 14.6 Å². The Morgan fingerprint density at radius 3 is 2.77 bits per heavy atom. The highest BCUT2D eigenvalue weighted by Crippen LogP contribution is 2.33. The number of ether oxygens (including phenoxy) is 1. The molecule has 1 unspecified atom stereocenters. The summed E-state index contributed by atoms with van der Waals surface area (Å²) >= 11 is 1.71. The van der Waals surface area contributed by atoms with E-state index in [2.05, 4.69) is 56.1 Å². The number of nitrogens with one attached hydrogen (secondary N) is 2. The van der Waals surface area contributed by atoms with Crippen LogP contribution in [0.1, 0.15) is 32.3 Å². The molecular weight excluding hydrogens is 524 g/mol. The summed E-state index contributed by atoms with van der Waals surface area (Å²) in [5, 5.41) is 7.09. The van der Waals surface area contributed by atoms with E-state index in [1.807, 2.05) is 23.1 Å². The van der Waals surface area contributed by atoms with Gasteiger partial charge in [-0.25, -0.2) is 9.97 Å². The number of rotatable bonds is 9. The van der Waals surface area contributed by atoms with E-state index in [9.17, 15) is 9.59 Å². The molecule has 40 heavy (non-hydrogen) atoms. The number of benzene rings is 2. The summed E-state index contributed by atoms with van der Waals surface area (Å²) in [7, 11) is 3.17. The molecule has 9 nitrogen and oxygen atoms in total. The fourth-order valence-electron chi connectivity index (χ4n) is 5.06. The second-order valence-corrected chi connectivity index (χ2v) is 10.6. The average molecular weight is 557 g/mol. The number of carbonyl (C=O) groups excluding carboxylic acids is 2. The summed E-state index contributed by atoms with van der Waals surface area (Å²) in [5.74, 6) is 0.591. The van der Waals surface area contributed by atoms with Gasteiger partial charge in [-0.1, -0.05) is 30.3 Å². The van der Waals surface area contributed by atoms with Gasteiger partial charge in [-0.15, -0.1) is 0 Å². The van der Waals surface area contributed by atoms with Crippen molar-refractivity contribution in [1.82, 2.24) is 25.2 Å². The van der Waals surface area contributed by atoms with Crippen LogP contribution >= 0.6 is 11.8 Å². The lowest BCUT2D eigenvalue weighted by atomic mass is 9.96. The molecular formula is C30H32N6O3S. The van der Waals surface area contributed by atoms with Gasteiger partial charge in [0.1, 0.15) is 18.8 Å². The average Bonchev–Trinajstić information content (AvgIpc) is 3.00. The molecule has 1 aliphatic heterocycles. The number of hydrogen-bond acceptors (Lipinski definition) is 8. The maximum atomic E-state index is 12.4. The second kappa shape index (κ2) is 12.4. The van der Waals surface area contributed by atoms with E-state index in [0.29, 0.717) is 25.2 Å². The molecule has 2 aromatic carbocycles. The quantitative estimate of drug-likeness (QED) is 0.317. The Morgan fingerprint density at radius 2 is 1.98 bits per heavy atom. The molecule has 0 aliphatic carbocycles. The fourth-order valence-corrected chi connectivity index (χ4v) is 5.76. The second-order valence-electron chi connectivity index (χ2n) is 9.56.